The number of benzene rings is 1. The minimum absolute atomic E-state index is 0.451. The molecule has 0 fully saturated rings. The molecule has 3 rings (SSSR count). The molecule has 92 valence electrons. The smallest absolute Gasteiger partial charge is 0.312 e. The summed E-state index contributed by atoms with van der Waals surface area (Å²) in [5.41, 5.74) is 1.60. The van der Waals surface area contributed by atoms with E-state index >= 15 is 0 Å². The first-order valence-electron chi connectivity index (χ1n) is 5.64. The molecule has 0 saturated heterocycles. The fourth-order valence-corrected chi connectivity index (χ4v) is 3.68. The SMILES string of the molecule is O=C(O)C1CCc2sc(-c3ccccc3Cl)nc21. The van der Waals surface area contributed by atoms with Gasteiger partial charge in [0, 0.05) is 10.4 Å². The van der Waals surface area contributed by atoms with E-state index in [0.717, 1.165) is 27.6 Å². The first-order chi connectivity index (χ1) is 8.66. The van der Waals surface area contributed by atoms with E-state index in [2.05, 4.69) is 4.98 Å². The van der Waals surface area contributed by atoms with Crippen LogP contribution in [0, 0.1) is 0 Å². The van der Waals surface area contributed by atoms with Crippen LogP contribution < -0.4 is 0 Å². The fraction of sp³-hybridized carbons (Fsp3) is 0.231. The number of carboxylic acid groups (broad SMARTS) is 1. The van der Waals surface area contributed by atoms with Gasteiger partial charge in [-0.25, -0.2) is 4.98 Å². The molecule has 18 heavy (non-hydrogen) atoms. The van der Waals surface area contributed by atoms with E-state index in [1.54, 1.807) is 11.3 Å². The lowest BCUT2D eigenvalue weighted by Crippen LogP contribution is -2.08. The molecule has 0 radical (unpaired) electrons. The van der Waals surface area contributed by atoms with E-state index in [4.69, 9.17) is 16.7 Å². The number of aliphatic carboxylic acids is 1. The van der Waals surface area contributed by atoms with Gasteiger partial charge in [0.05, 0.1) is 10.7 Å². The van der Waals surface area contributed by atoms with Crippen molar-refractivity contribution in [1.29, 1.82) is 0 Å². The molecule has 1 N–H and O–H groups in total. The second-order valence-electron chi connectivity index (χ2n) is 4.24. The average Bonchev–Trinajstić information content (AvgIpc) is 2.88. The maximum absolute atomic E-state index is 11.1. The Morgan fingerprint density at radius 2 is 2.22 bits per heavy atom. The summed E-state index contributed by atoms with van der Waals surface area (Å²) in [6.07, 6.45) is 1.46. The summed E-state index contributed by atoms with van der Waals surface area (Å²) in [5, 5.41) is 10.6. The lowest BCUT2D eigenvalue weighted by Gasteiger charge is -2.02. The third-order valence-corrected chi connectivity index (χ3v) is 4.61. The predicted molar refractivity (Wildman–Crippen MR) is 71.3 cm³/mol. The molecule has 0 bridgehead atoms. The lowest BCUT2D eigenvalue weighted by atomic mass is 10.1. The van der Waals surface area contributed by atoms with Crippen molar-refractivity contribution < 1.29 is 9.90 Å². The first-order valence-corrected chi connectivity index (χ1v) is 6.83. The summed E-state index contributed by atoms with van der Waals surface area (Å²) in [6.45, 7) is 0. The molecule has 0 aliphatic heterocycles. The highest BCUT2D eigenvalue weighted by atomic mass is 35.5. The minimum atomic E-state index is -0.787. The quantitative estimate of drug-likeness (QED) is 0.914. The summed E-state index contributed by atoms with van der Waals surface area (Å²) in [7, 11) is 0. The molecule has 0 spiro atoms. The maximum Gasteiger partial charge on any atom is 0.312 e. The number of hydrogen-bond donors (Lipinski definition) is 1. The Bertz CT molecular complexity index is 623. The van der Waals surface area contributed by atoms with Crippen LogP contribution in [0.4, 0.5) is 0 Å². The van der Waals surface area contributed by atoms with Crippen LogP contribution >= 0.6 is 22.9 Å². The van der Waals surface area contributed by atoms with Crippen molar-refractivity contribution >= 4 is 28.9 Å². The van der Waals surface area contributed by atoms with Crippen molar-refractivity contribution in [3.63, 3.8) is 0 Å². The highest BCUT2D eigenvalue weighted by Gasteiger charge is 2.32. The van der Waals surface area contributed by atoms with E-state index in [1.165, 1.54) is 0 Å². The molecule has 1 aromatic carbocycles. The molecule has 1 heterocycles. The van der Waals surface area contributed by atoms with Crippen molar-refractivity contribution in [3.8, 4) is 10.6 Å². The van der Waals surface area contributed by atoms with Crippen molar-refractivity contribution in [2.24, 2.45) is 0 Å². The van der Waals surface area contributed by atoms with E-state index < -0.39 is 11.9 Å². The van der Waals surface area contributed by atoms with E-state index in [0.29, 0.717) is 11.4 Å². The number of carboxylic acids is 1. The first kappa shape index (κ1) is 11.7. The third-order valence-electron chi connectivity index (χ3n) is 3.12. The molecule has 1 unspecified atom stereocenters. The Labute approximate surface area is 113 Å². The molecule has 5 heteroatoms. The van der Waals surface area contributed by atoms with E-state index in [1.807, 2.05) is 24.3 Å². The minimum Gasteiger partial charge on any atom is -0.481 e. The third kappa shape index (κ3) is 1.82. The van der Waals surface area contributed by atoms with Gasteiger partial charge in [-0.05, 0) is 18.9 Å². The second-order valence-corrected chi connectivity index (χ2v) is 5.73. The van der Waals surface area contributed by atoms with Gasteiger partial charge in [0.15, 0.2) is 0 Å². The maximum atomic E-state index is 11.1. The lowest BCUT2D eigenvalue weighted by molar-refractivity contribution is -0.138. The number of halogens is 1. The highest BCUT2D eigenvalue weighted by molar-refractivity contribution is 7.15. The van der Waals surface area contributed by atoms with Gasteiger partial charge in [-0.3, -0.25) is 4.79 Å². The zero-order chi connectivity index (χ0) is 12.7. The second kappa shape index (κ2) is 4.37. The van der Waals surface area contributed by atoms with Crippen LogP contribution in [0.15, 0.2) is 24.3 Å². The van der Waals surface area contributed by atoms with Gasteiger partial charge in [-0.15, -0.1) is 11.3 Å². The van der Waals surface area contributed by atoms with E-state index in [-0.39, 0.29) is 0 Å². The largest absolute Gasteiger partial charge is 0.481 e. The van der Waals surface area contributed by atoms with Crippen molar-refractivity contribution in [1.82, 2.24) is 4.98 Å². The monoisotopic (exact) mass is 279 g/mol. The van der Waals surface area contributed by atoms with Crippen LogP contribution in [0.2, 0.25) is 5.02 Å². The molecular formula is C13H10ClNO2S. The average molecular weight is 280 g/mol. The summed E-state index contributed by atoms with van der Waals surface area (Å²) in [6, 6.07) is 7.50. The van der Waals surface area contributed by atoms with E-state index in [9.17, 15) is 4.79 Å². The van der Waals surface area contributed by atoms with Gasteiger partial charge < -0.3 is 5.11 Å². The number of carbonyl (C=O) groups is 1. The normalized spacial score (nSPS) is 17.7. The summed E-state index contributed by atoms with van der Waals surface area (Å²) >= 11 is 7.68. The molecule has 0 saturated carbocycles. The fourth-order valence-electron chi connectivity index (χ4n) is 2.22. The van der Waals surface area contributed by atoms with Crippen LogP contribution in [0.1, 0.15) is 22.9 Å². The number of hydrogen-bond acceptors (Lipinski definition) is 3. The molecule has 1 aliphatic carbocycles. The molecule has 1 aromatic heterocycles. The Kier molecular flexibility index (Phi) is 2.84. The van der Waals surface area contributed by atoms with Crippen molar-refractivity contribution in [2.75, 3.05) is 0 Å². The molecular weight excluding hydrogens is 270 g/mol. The highest BCUT2D eigenvalue weighted by Crippen LogP contribution is 2.41. The molecule has 3 nitrogen and oxygen atoms in total. The number of nitrogens with zero attached hydrogens (tertiary/aromatic N) is 1. The Balaban J connectivity index is 2.05. The number of aromatic nitrogens is 1. The van der Waals surface area contributed by atoms with Gasteiger partial charge in [0.2, 0.25) is 0 Å². The number of aryl methyl sites for hydroxylation is 1. The Morgan fingerprint density at radius 3 is 2.94 bits per heavy atom. The zero-order valence-corrected chi connectivity index (χ0v) is 11.0. The summed E-state index contributed by atoms with van der Waals surface area (Å²) < 4.78 is 0. The van der Waals surface area contributed by atoms with Gasteiger partial charge in [0.25, 0.3) is 0 Å². The Hall–Kier alpha value is -1.39. The van der Waals surface area contributed by atoms with Crippen molar-refractivity contribution in [2.45, 2.75) is 18.8 Å². The number of fused-ring (bicyclic) bond motifs is 1. The van der Waals surface area contributed by atoms with Gasteiger partial charge in [0.1, 0.15) is 10.9 Å². The van der Waals surface area contributed by atoms with Gasteiger partial charge in [-0.1, -0.05) is 29.8 Å². The van der Waals surface area contributed by atoms with Crippen LogP contribution in [0.5, 0.6) is 0 Å². The van der Waals surface area contributed by atoms with Crippen LogP contribution in [0.3, 0.4) is 0 Å². The number of rotatable bonds is 2. The van der Waals surface area contributed by atoms with Crippen LogP contribution in [0.25, 0.3) is 10.6 Å². The predicted octanol–water partition coefficient (Wildman–Crippen LogP) is 3.58. The Morgan fingerprint density at radius 1 is 1.44 bits per heavy atom. The molecule has 1 aliphatic rings. The molecule has 0 amide bonds. The molecule has 1 atom stereocenters. The number of thiazole rings is 1. The zero-order valence-electron chi connectivity index (χ0n) is 9.39. The van der Waals surface area contributed by atoms with Gasteiger partial charge >= 0.3 is 5.97 Å². The summed E-state index contributed by atoms with van der Waals surface area (Å²) in [5.74, 6) is -1.24. The van der Waals surface area contributed by atoms with Crippen LogP contribution in [-0.4, -0.2) is 16.1 Å². The van der Waals surface area contributed by atoms with Crippen LogP contribution in [-0.2, 0) is 11.2 Å². The summed E-state index contributed by atoms with van der Waals surface area (Å²) in [4.78, 5) is 16.7. The standard InChI is InChI=1S/C13H10ClNO2S/c14-9-4-2-1-3-7(9)12-15-11-8(13(16)17)5-6-10(11)18-12/h1-4,8H,5-6H2,(H,16,17). The van der Waals surface area contributed by atoms with Gasteiger partial charge in [-0.2, -0.15) is 0 Å². The van der Waals surface area contributed by atoms with Crippen molar-refractivity contribution in [3.05, 3.63) is 39.9 Å². The molecule has 2 aromatic rings. The topological polar surface area (TPSA) is 50.2 Å².